The molecule has 0 spiro atoms. The Morgan fingerprint density at radius 1 is 1.16 bits per heavy atom. The van der Waals surface area contributed by atoms with Gasteiger partial charge in [0.15, 0.2) is 6.61 Å². The second kappa shape index (κ2) is 8.73. The molecule has 0 bridgehead atoms. The molecule has 2 atom stereocenters. The number of ether oxygens (including phenoxy) is 1. The first-order chi connectivity index (χ1) is 15.3. The predicted molar refractivity (Wildman–Crippen MR) is 121 cm³/mol. The van der Waals surface area contributed by atoms with E-state index in [2.05, 4.69) is 0 Å². The zero-order valence-corrected chi connectivity index (χ0v) is 18.3. The van der Waals surface area contributed by atoms with Crippen molar-refractivity contribution < 1.29 is 23.8 Å². The maximum atomic E-state index is 14.4. The second-order valence-corrected chi connectivity index (χ2v) is 8.20. The van der Waals surface area contributed by atoms with Crippen molar-refractivity contribution in [2.24, 2.45) is 0 Å². The molecular formula is C25H21ClFNO4. The number of carbonyl (C=O) groups is 2. The number of hydrogen-bond acceptors (Lipinski definition) is 4. The van der Waals surface area contributed by atoms with E-state index in [1.165, 1.54) is 17.0 Å². The summed E-state index contributed by atoms with van der Waals surface area (Å²) in [6, 6.07) is 14.6. The van der Waals surface area contributed by atoms with Crippen LogP contribution in [0.3, 0.4) is 0 Å². The Morgan fingerprint density at radius 3 is 2.62 bits per heavy atom. The van der Waals surface area contributed by atoms with Gasteiger partial charge >= 0.3 is 0 Å². The quantitative estimate of drug-likeness (QED) is 0.542. The van der Waals surface area contributed by atoms with Gasteiger partial charge in [-0.05, 0) is 41.0 Å². The molecule has 1 aliphatic rings. The van der Waals surface area contributed by atoms with Gasteiger partial charge in [0.05, 0.1) is 11.8 Å². The maximum Gasteiger partial charge on any atom is 0.264 e. The molecule has 1 aliphatic heterocycles. The summed E-state index contributed by atoms with van der Waals surface area (Å²) in [5.74, 6) is -0.464. The van der Waals surface area contributed by atoms with Gasteiger partial charge in [-0.3, -0.25) is 9.59 Å². The van der Waals surface area contributed by atoms with Gasteiger partial charge in [-0.15, -0.1) is 0 Å². The normalized spacial score (nSPS) is 15.0. The van der Waals surface area contributed by atoms with Crippen LogP contribution in [0.2, 0.25) is 5.02 Å². The highest BCUT2D eigenvalue weighted by Gasteiger charge is 2.26. The molecule has 0 radical (unpaired) electrons. The zero-order valence-electron chi connectivity index (χ0n) is 17.5. The van der Waals surface area contributed by atoms with Gasteiger partial charge in [0.2, 0.25) is 0 Å². The van der Waals surface area contributed by atoms with Crippen LogP contribution in [0.4, 0.5) is 10.1 Å². The number of halogens is 2. The van der Waals surface area contributed by atoms with Crippen LogP contribution in [-0.4, -0.2) is 31.0 Å². The summed E-state index contributed by atoms with van der Waals surface area (Å²) in [5, 5.41) is 11.4. The minimum Gasteiger partial charge on any atom is -0.482 e. The van der Waals surface area contributed by atoms with Gasteiger partial charge in [-0.1, -0.05) is 48.9 Å². The molecule has 164 valence electrons. The van der Waals surface area contributed by atoms with Gasteiger partial charge in [0, 0.05) is 29.1 Å². The third kappa shape index (κ3) is 3.99. The molecule has 0 aromatic heterocycles. The molecule has 4 rings (SSSR count). The van der Waals surface area contributed by atoms with Gasteiger partial charge in [-0.2, -0.15) is 0 Å². The van der Waals surface area contributed by atoms with Crippen molar-refractivity contribution >= 4 is 29.5 Å². The van der Waals surface area contributed by atoms with Gasteiger partial charge < -0.3 is 14.7 Å². The largest absolute Gasteiger partial charge is 0.482 e. The lowest BCUT2D eigenvalue weighted by atomic mass is 9.89. The number of likely N-dealkylation sites (N-methyl/N-ethyl adjacent to an activating group) is 1. The molecule has 3 aromatic rings. The van der Waals surface area contributed by atoms with Crippen molar-refractivity contribution in [3.8, 4) is 16.9 Å². The lowest BCUT2D eigenvalue weighted by molar-refractivity contribution is -0.121. The molecule has 0 saturated heterocycles. The molecule has 3 aromatic carbocycles. The summed E-state index contributed by atoms with van der Waals surface area (Å²) in [5.41, 5.74) is 3.08. The monoisotopic (exact) mass is 453 g/mol. The average Bonchev–Trinajstić information content (AvgIpc) is 2.80. The fourth-order valence-corrected chi connectivity index (χ4v) is 4.19. The van der Waals surface area contributed by atoms with E-state index in [-0.39, 0.29) is 24.0 Å². The van der Waals surface area contributed by atoms with Gasteiger partial charge in [-0.25, -0.2) is 4.39 Å². The summed E-state index contributed by atoms with van der Waals surface area (Å²) in [7, 11) is 1.67. The molecule has 5 nitrogen and oxygen atoms in total. The minimum absolute atomic E-state index is 0.0117. The lowest BCUT2D eigenvalue weighted by Crippen LogP contribution is -2.35. The van der Waals surface area contributed by atoms with E-state index in [0.717, 1.165) is 0 Å². The Balaban J connectivity index is 1.62. The van der Waals surface area contributed by atoms with Crippen LogP contribution in [-0.2, 0) is 4.79 Å². The summed E-state index contributed by atoms with van der Waals surface area (Å²) < 4.78 is 19.8. The SMILES string of the molecule is C[C@@H](c1ccc(-c2ccc(C=O)cc2F)cc1Cl)C(O)c1ccc2c(c1)N(C)C(=O)CO2. The van der Waals surface area contributed by atoms with E-state index in [1.54, 1.807) is 49.5 Å². The first-order valence-electron chi connectivity index (χ1n) is 10.1. The Morgan fingerprint density at radius 2 is 1.94 bits per heavy atom. The Kier molecular flexibility index (Phi) is 6.00. The summed E-state index contributed by atoms with van der Waals surface area (Å²) in [6.07, 6.45) is -0.301. The highest BCUT2D eigenvalue weighted by molar-refractivity contribution is 6.31. The van der Waals surface area contributed by atoms with E-state index in [9.17, 15) is 19.1 Å². The number of rotatable bonds is 5. The van der Waals surface area contributed by atoms with Crippen LogP contribution in [0.1, 0.15) is 40.4 Å². The van der Waals surface area contributed by atoms with Crippen molar-refractivity contribution in [3.63, 3.8) is 0 Å². The predicted octanol–water partition coefficient (Wildman–Crippen LogP) is 5.15. The highest BCUT2D eigenvalue weighted by Crippen LogP contribution is 2.40. The number of aliphatic hydroxyl groups excluding tert-OH is 1. The molecule has 32 heavy (non-hydrogen) atoms. The maximum absolute atomic E-state index is 14.4. The van der Waals surface area contributed by atoms with E-state index in [4.69, 9.17) is 16.3 Å². The number of carbonyl (C=O) groups excluding carboxylic acids is 2. The number of aliphatic hydroxyl groups is 1. The van der Waals surface area contributed by atoms with E-state index >= 15 is 0 Å². The minimum atomic E-state index is -0.891. The first-order valence-corrected chi connectivity index (χ1v) is 10.4. The Labute approximate surface area is 190 Å². The van der Waals surface area contributed by atoms with Crippen LogP contribution < -0.4 is 9.64 Å². The fraction of sp³-hybridized carbons (Fsp3) is 0.200. The van der Waals surface area contributed by atoms with E-state index < -0.39 is 11.9 Å². The Hall–Kier alpha value is -3.22. The van der Waals surface area contributed by atoms with Crippen LogP contribution in [0.5, 0.6) is 5.75 Å². The highest BCUT2D eigenvalue weighted by atomic mass is 35.5. The number of benzene rings is 3. The van der Waals surface area contributed by atoms with E-state index in [1.807, 2.05) is 6.92 Å². The molecule has 1 amide bonds. The molecule has 7 heteroatoms. The molecule has 1 N–H and O–H groups in total. The second-order valence-electron chi connectivity index (χ2n) is 7.80. The smallest absolute Gasteiger partial charge is 0.264 e. The third-order valence-corrected chi connectivity index (χ3v) is 6.14. The average molecular weight is 454 g/mol. The third-order valence-electron chi connectivity index (χ3n) is 5.82. The topological polar surface area (TPSA) is 66.8 Å². The van der Waals surface area contributed by atoms with Crippen LogP contribution in [0.25, 0.3) is 11.1 Å². The fourth-order valence-electron chi connectivity index (χ4n) is 3.83. The summed E-state index contributed by atoms with van der Waals surface area (Å²) in [4.78, 5) is 24.3. The number of hydrogen-bond donors (Lipinski definition) is 1. The molecule has 1 unspecified atom stereocenters. The number of aldehydes is 1. The van der Waals surface area contributed by atoms with Gasteiger partial charge in [0.25, 0.3) is 5.91 Å². The molecular weight excluding hydrogens is 433 g/mol. The van der Waals surface area contributed by atoms with Crippen molar-refractivity contribution in [1.82, 2.24) is 0 Å². The number of anilines is 1. The molecule has 0 saturated carbocycles. The lowest BCUT2D eigenvalue weighted by Gasteiger charge is -2.28. The van der Waals surface area contributed by atoms with Crippen LogP contribution >= 0.6 is 11.6 Å². The van der Waals surface area contributed by atoms with Crippen LogP contribution in [0, 0.1) is 5.82 Å². The van der Waals surface area contributed by atoms with Crippen molar-refractivity contribution in [2.45, 2.75) is 18.9 Å². The molecule has 0 fully saturated rings. The number of amides is 1. The van der Waals surface area contributed by atoms with Crippen molar-refractivity contribution in [1.29, 1.82) is 0 Å². The zero-order chi connectivity index (χ0) is 23.0. The molecule has 1 heterocycles. The summed E-state index contributed by atoms with van der Waals surface area (Å²) >= 11 is 6.51. The standard InChI is InChI=1S/C25H21ClFNO4/c1-14(25(31)17-5-8-23-22(11-17)28(2)24(30)13-32-23)18-7-4-16(10-20(18)26)19-6-3-15(12-29)9-21(19)27/h3-12,14,25,31H,13H2,1-2H3/t14-,25?/m0/s1. The van der Waals surface area contributed by atoms with Crippen molar-refractivity contribution in [3.05, 3.63) is 82.1 Å². The van der Waals surface area contributed by atoms with Gasteiger partial charge in [0.1, 0.15) is 17.9 Å². The molecule has 0 aliphatic carbocycles. The first kappa shape index (κ1) is 22.0. The summed E-state index contributed by atoms with van der Waals surface area (Å²) in [6.45, 7) is 1.83. The van der Waals surface area contributed by atoms with E-state index in [0.29, 0.717) is 45.0 Å². The van der Waals surface area contributed by atoms with Crippen LogP contribution in [0.15, 0.2) is 54.6 Å². The Bertz CT molecular complexity index is 1210. The van der Waals surface area contributed by atoms with Crippen molar-refractivity contribution in [2.75, 3.05) is 18.6 Å². The number of fused-ring (bicyclic) bond motifs is 1. The number of nitrogens with zero attached hydrogens (tertiary/aromatic N) is 1.